The van der Waals surface area contributed by atoms with Gasteiger partial charge in [0, 0.05) is 10.8 Å². The van der Waals surface area contributed by atoms with Gasteiger partial charge >= 0.3 is 0 Å². The molecule has 3 N–H and O–H groups in total. The Balaban J connectivity index is 1.91. The van der Waals surface area contributed by atoms with E-state index < -0.39 is 0 Å². The third-order valence-corrected chi connectivity index (χ3v) is 4.39. The third-order valence-electron chi connectivity index (χ3n) is 2.71. The highest BCUT2D eigenvalue weighted by Gasteiger charge is 2.13. The van der Waals surface area contributed by atoms with Crippen molar-refractivity contribution in [1.82, 2.24) is 15.2 Å². The van der Waals surface area contributed by atoms with Crippen molar-refractivity contribution in [3.63, 3.8) is 0 Å². The summed E-state index contributed by atoms with van der Waals surface area (Å²) in [6, 6.07) is 7.80. The maximum atomic E-state index is 6.14. The second-order valence-electron chi connectivity index (χ2n) is 3.92. The fraction of sp³-hybridized carbons (Fsp3) is 0.0833. The maximum absolute atomic E-state index is 6.14. The quantitative estimate of drug-likeness (QED) is 0.576. The lowest BCUT2D eigenvalue weighted by Crippen LogP contribution is -1.98. The standard InChI is InChI=1S/C12H9ClN4S2/c13-8-4-2-1-3-7(8)5-19-12-10-9(14-6-15-10)11(18)16-17-12/h1-4,6H,5H2,(H,14,15)(H,16,18)/p+1. The van der Waals surface area contributed by atoms with Crippen molar-refractivity contribution in [3.05, 3.63) is 45.8 Å². The topological polar surface area (TPSA) is 58.6 Å². The van der Waals surface area contributed by atoms with Crippen LogP contribution in [0.25, 0.3) is 11.0 Å². The van der Waals surface area contributed by atoms with Crippen molar-refractivity contribution >= 4 is 46.6 Å². The van der Waals surface area contributed by atoms with Gasteiger partial charge in [0.05, 0.1) is 0 Å². The summed E-state index contributed by atoms with van der Waals surface area (Å²) in [7, 11) is 0. The summed E-state index contributed by atoms with van der Waals surface area (Å²) < 4.78 is 0.596. The monoisotopic (exact) mass is 309 g/mol. The highest BCUT2D eigenvalue weighted by atomic mass is 35.5. The van der Waals surface area contributed by atoms with Crippen molar-refractivity contribution in [1.29, 1.82) is 0 Å². The number of halogens is 1. The number of aromatic amines is 3. The number of aromatic nitrogens is 4. The summed E-state index contributed by atoms with van der Waals surface area (Å²) >= 11 is 12.9. The van der Waals surface area contributed by atoms with Crippen molar-refractivity contribution in [2.75, 3.05) is 0 Å². The predicted octanol–water partition coefficient (Wildman–Crippen LogP) is 3.38. The Morgan fingerprint density at radius 3 is 3.05 bits per heavy atom. The molecule has 19 heavy (non-hydrogen) atoms. The number of hydrogen-bond donors (Lipinski definition) is 2. The first kappa shape index (κ1) is 12.7. The molecule has 2 heterocycles. The second kappa shape index (κ2) is 5.32. The molecule has 7 heteroatoms. The molecule has 0 aliphatic heterocycles. The van der Waals surface area contributed by atoms with Crippen LogP contribution in [0.15, 0.2) is 35.6 Å². The van der Waals surface area contributed by atoms with Gasteiger partial charge in [0.25, 0.3) is 0 Å². The molecule has 0 spiro atoms. The van der Waals surface area contributed by atoms with E-state index >= 15 is 0 Å². The number of nitrogens with one attached hydrogen (secondary N) is 3. The molecule has 0 atom stereocenters. The van der Waals surface area contributed by atoms with Gasteiger partial charge in [0.2, 0.25) is 17.4 Å². The Labute approximate surface area is 123 Å². The Morgan fingerprint density at radius 2 is 2.21 bits per heavy atom. The molecule has 0 saturated heterocycles. The smallest absolute Gasteiger partial charge is 0.240 e. The van der Waals surface area contributed by atoms with Gasteiger partial charge in [-0.3, -0.25) is 5.10 Å². The fourth-order valence-electron chi connectivity index (χ4n) is 1.75. The van der Waals surface area contributed by atoms with Gasteiger partial charge in [-0.15, -0.1) is 0 Å². The molecular formula is C12H10ClN4S2+. The van der Waals surface area contributed by atoms with Crippen LogP contribution in [0.2, 0.25) is 5.02 Å². The molecule has 0 radical (unpaired) electrons. The number of fused-ring (bicyclic) bond motifs is 1. The molecule has 0 aliphatic carbocycles. The second-order valence-corrected chi connectivity index (χ2v) is 5.70. The van der Waals surface area contributed by atoms with Crippen LogP contribution in [0, 0.1) is 4.64 Å². The summed E-state index contributed by atoms with van der Waals surface area (Å²) in [4.78, 5) is 6.19. The average molecular weight is 310 g/mol. The highest BCUT2D eigenvalue weighted by molar-refractivity contribution is 7.98. The van der Waals surface area contributed by atoms with Crippen LogP contribution in [0.5, 0.6) is 0 Å². The van der Waals surface area contributed by atoms with Gasteiger partial charge in [0.15, 0.2) is 9.67 Å². The number of imidazole rings is 1. The van der Waals surface area contributed by atoms with Gasteiger partial charge in [-0.25, -0.2) is 9.97 Å². The van der Waals surface area contributed by atoms with Gasteiger partial charge in [-0.2, -0.15) is 5.10 Å². The molecule has 0 saturated carbocycles. The van der Waals surface area contributed by atoms with Crippen LogP contribution in [0.4, 0.5) is 0 Å². The van der Waals surface area contributed by atoms with E-state index in [0.717, 1.165) is 32.4 Å². The Kier molecular flexibility index (Phi) is 3.54. The SMILES string of the molecule is S=c1[nH]nc(SCc2ccccc2Cl)c2[nH]c[nH+]c12. The van der Waals surface area contributed by atoms with Crippen molar-refractivity contribution < 1.29 is 4.98 Å². The maximum Gasteiger partial charge on any atom is 0.240 e. The Hall–Kier alpha value is -1.37. The summed E-state index contributed by atoms with van der Waals surface area (Å²) in [6.07, 6.45) is 1.75. The molecule has 0 unspecified atom stereocenters. The summed E-state index contributed by atoms with van der Waals surface area (Å²) in [6.45, 7) is 0. The molecule has 3 rings (SSSR count). The first-order valence-electron chi connectivity index (χ1n) is 5.59. The lowest BCUT2D eigenvalue weighted by molar-refractivity contribution is -0.345. The summed E-state index contributed by atoms with van der Waals surface area (Å²) in [5.74, 6) is 0.755. The number of H-pyrrole nitrogens is 3. The molecule has 0 amide bonds. The average Bonchev–Trinajstić information content (AvgIpc) is 2.90. The molecular weight excluding hydrogens is 300 g/mol. The van der Waals surface area contributed by atoms with Crippen LogP contribution in [-0.2, 0) is 5.75 Å². The van der Waals surface area contributed by atoms with Crippen LogP contribution < -0.4 is 4.98 Å². The molecule has 2 aromatic heterocycles. The minimum Gasteiger partial charge on any atom is -0.263 e. The van der Waals surface area contributed by atoms with E-state index in [1.54, 1.807) is 18.1 Å². The summed E-state index contributed by atoms with van der Waals surface area (Å²) in [5, 5.41) is 8.74. The van der Waals surface area contributed by atoms with Crippen LogP contribution in [0.3, 0.4) is 0 Å². The van der Waals surface area contributed by atoms with E-state index in [-0.39, 0.29) is 0 Å². The summed E-state index contributed by atoms with van der Waals surface area (Å²) in [5.41, 5.74) is 2.87. The molecule has 3 aromatic rings. The predicted molar refractivity (Wildman–Crippen MR) is 78.8 cm³/mol. The largest absolute Gasteiger partial charge is 0.263 e. The van der Waals surface area contributed by atoms with Crippen LogP contribution in [0.1, 0.15) is 5.56 Å². The van der Waals surface area contributed by atoms with Gasteiger partial charge in [0.1, 0.15) is 0 Å². The van der Waals surface area contributed by atoms with Gasteiger partial charge in [-0.1, -0.05) is 53.8 Å². The molecule has 4 nitrogen and oxygen atoms in total. The van der Waals surface area contributed by atoms with E-state index in [4.69, 9.17) is 23.8 Å². The Morgan fingerprint density at radius 1 is 1.37 bits per heavy atom. The molecule has 0 fully saturated rings. The van der Waals surface area contributed by atoms with Crippen molar-refractivity contribution in [2.45, 2.75) is 10.8 Å². The minimum absolute atomic E-state index is 0.596. The number of nitrogens with zero attached hydrogens (tertiary/aromatic N) is 1. The van der Waals surface area contributed by atoms with E-state index in [1.807, 2.05) is 24.3 Å². The minimum atomic E-state index is 0.596. The zero-order valence-electron chi connectivity index (χ0n) is 9.74. The lowest BCUT2D eigenvalue weighted by Gasteiger charge is -2.02. The lowest BCUT2D eigenvalue weighted by atomic mass is 10.2. The Bertz CT molecular complexity index is 780. The van der Waals surface area contributed by atoms with Crippen LogP contribution in [-0.4, -0.2) is 15.2 Å². The fourth-order valence-corrected chi connectivity index (χ4v) is 3.20. The van der Waals surface area contributed by atoms with E-state index in [1.165, 1.54) is 0 Å². The van der Waals surface area contributed by atoms with Crippen molar-refractivity contribution in [3.8, 4) is 0 Å². The van der Waals surface area contributed by atoms with E-state index in [9.17, 15) is 0 Å². The van der Waals surface area contributed by atoms with Crippen LogP contribution >= 0.6 is 35.6 Å². The number of benzene rings is 1. The molecule has 1 aromatic carbocycles. The third kappa shape index (κ3) is 2.51. The first-order chi connectivity index (χ1) is 9.25. The number of rotatable bonds is 3. The van der Waals surface area contributed by atoms with E-state index in [2.05, 4.69) is 20.2 Å². The zero-order chi connectivity index (χ0) is 13.2. The molecule has 0 bridgehead atoms. The van der Waals surface area contributed by atoms with E-state index in [0.29, 0.717) is 4.64 Å². The molecule has 0 aliphatic rings. The number of thioether (sulfide) groups is 1. The van der Waals surface area contributed by atoms with Gasteiger partial charge in [-0.05, 0) is 11.6 Å². The normalized spacial score (nSPS) is 11.0. The van der Waals surface area contributed by atoms with Gasteiger partial charge < -0.3 is 0 Å². The zero-order valence-corrected chi connectivity index (χ0v) is 12.1. The first-order valence-corrected chi connectivity index (χ1v) is 7.36. The highest BCUT2D eigenvalue weighted by Crippen LogP contribution is 2.28. The number of hydrogen-bond acceptors (Lipinski definition) is 3. The molecule has 96 valence electrons. The van der Waals surface area contributed by atoms with Crippen molar-refractivity contribution in [2.24, 2.45) is 0 Å².